The van der Waals surface area contributed by atoms with E-state index in [0.29, 0.717) is 30.6 Å². The normalized spacial score (nSPS) is 20.8. The molecule has 0 aromatic carbocycles. The molecule has 2 heterocycles. The number of aliphatic hydroxyl groups excluding tert-OH is 1. The zero-order valence-corrected chi connectivity index (χ0v) is 14.4. The zero-order valence-electron chi connectivity index (χ0n) is 14.4. The summed E-state index contributed by atoms with van der Waals surface area (Å²) >= 11 is 0. The predicted octanol–water partition coefficient (Wildman–Crippen LogP) is 1.64. The molecule has 134 valence electrons. The number of hydrogen-bond acceptors (Lipinski definition) is 6. The van der Waals surface area contributed by atoms with Crippen molar-refractivity contribution in [1.29, 1.82) is 0 Å². The summed E-state index contributed by atoms with van der Waals surface area (Å²) in [7, 11) is 1.57. The minimum absolute atomic E-state index is 0.0781. The van der Waals surface area contributed by atoms with E-state index in [4.69, 9.17) is 9.26 Å². The second-order valence-electron chi connectivity index (χ2n) is 6.52. The Hall–Kier alpha value is -2.25. The van der Waals surface area contributed by atoms with Gasteiger partial charge in [0.1, 0.15) is 5.76 Å². The van der Waals surface area contributed by atoms with E-state index in [0.717, 1.165) is 5.56 Å². The summed E-state index contributed by atoms with van der Waals surface area (Å²) in [6, 6.07) is 3.79. The van der Waals surface area contributed by atoms with Gasteiger partial charge in [0.15, 0.2) is 5.69 Å². The molecule has 1 aliphatic carbocycles. The predicted molar refractivity (Wildman–Crippen MR) is 89.9 cm³/mol. The van der Waals surface area contributed by atoms with Crippen LogP contribution < -0.4 is 5.32 Å². The van der Waals surface area contributed by atoms with Gasteiger partial charge in [-0.2, -0.15) is 0 Å². The summed E-state index contributed by atoms with van der Waals surface area (Å²) in [6.45, 7) is 2.03. The molecule has 0 bridgehead atoms. The first kappa shape index (κ1) is 17.6. The number of aryl methyl sites for hydroxylation is 1. The number of carbonyl (C=O) groups is 1. The van der Waals surface area contributed by atoms with Crippen molar-refractivity contribution in [2.45, 2.75) is 44.9 Å². The maximum atomic E-state index is 12.7. The molecule has 0 saturated heterocycles. The molecule has 0 radical (unpaired) electrons. The molecular formula is C18H23N3O4. The quantitative estimate of drug-likeness (QED) is 0.792. The topological polar surface area (TPSA) is 97.5 Å². The summed E-state index contributed by atoms with van der Waals surface area (Å²) in [5.74, 6) is 0.548. The molecule has 1 aliphatic rings. The van der Waals surface area contributed by atoms with Gasteiger partial charge in [0.05, 0.1) is 18.3 Å². The van der Waals surface area contributed by atoms with Crippen LogP contribution in [0.4, 0.5) is 0 Å². The highest BCUT2D eigenvalue weighted by Crippen LogP contribution is 2.32. The standard InChI is InChI=1S/C18H23N3O4/c1-11-15(10-24-2)17(21-25-11)18(23)20-16(13-8-14(22)9-13)7-12-3-5-19-6-4-12/h3-6,13-14,16,22H,7-10H2,1-2H3,(H,20,23). The van der Waals surface area contributed by atoms with Crippen LogP contribution in [0.5, 0.6) is 0 Å². The van der Waals surface area contributed by atoms with E-state index in [9.17, 15) is 9.90 Å². The number of pyridine rings is 1. The Morgan fingerprint density at radius 2 is 2.16 bits per heavy atom. The van der Waals surface area contributed by atoms with E-state index in [1.165, 1.54) is 0 Å². The average Bonchev–Trinajstić information content (AvgIpc) is 2.94. The first-order chi connectivity index (χ1) is 12.1. The molecule has 0 spiro atoms. The molecule has 0 aliphatic heterocycles. The molecule has 3 rings (SSSR count). The lowest BCUT2D eigenvalue weighted by molar-refractivity contribution is 0.0238. The molecular weight excluding hydrogens is 322 g/mol. The van der Waals surface area contributed by atoms with Gasteiger partial charge in [-0.3, -0.25) is 9.78 Å². The molecule has 25 heavy (non-hydrogen) atoms. The third kappa shape index (κ3) is 4.05. The monoisotopic (exact) mass is 345 g/mol. The SMILES string of the molecule is COCc1c(C(=O)NC(Cc2ccncc2)C2CC(O)C2)noc1C. The van der Waals surface area contributed by atoms with Gasteiger partial charge in [0.25, 0.3) is 5.91 Å². The van der Waals surface area contributed by atoms with Gasteiger partial charge < -0.3 is 19.7 Å². The number of nitrogens with zero attached hydrogens (tertiary/aromatic N) is 2. The van der Waals surface area contributed by atoms with Crippen molar-refractivity contribution in [1.82, 2.24) is 15.5 Å². The Labute approximate surface area is 146 Å². The summed E-state index contributed by atoms with van der Waals surface area (Å²) in [4.78, 5) is 16.7. The number of hydrogen-bond donors (Lipinski definition) is 2. The summed E-state index contributed by atoms with van der Waals surface area (Å²) < 4.78 is 10.3. The van der Waals surface area contributed by atoms with Crippen molar-refractivity contribution in [3.8, 4) is 0 Å². The number of carbonyl (C=O) groups excluding carboxylic acids is 1. The number of nitrogens with one attached hydrogen (secondary N) is 1. The van der Waals surface area contributed by atoms with Crippen molar-refractivity contribution >= 4 is 5.91 Å². The number of aliphatic hydroxyl groups is 1. The Kier molecular flexibility index (Phi) is 5.45. The molecule has 7 heteroatoms. The molecule has 1 saturated carbocycles. The highest BCUT2D eigenvalue weighted by atomic mass is 16.5. The number of aromatic nitrogens is 2. The van der Waals surface area contributed by atoms with Gasteiger partial charge in [-0.15, -0.1) is 0 Å². The van der Waals surface area contributed by atoms with E-state index < -0.39 is 0 Å². The van der Waals surface area contributed by atoms with Gasteiger partial charge in [0.2, 0.25) is 0 Å². The van der Waals surface area contributed by atoms with E-state index in [1.807, 2.05) is 12.1 Å². The van der Waals surface area contributed by atoms with Crippen LogP contribution in [0.2, 0.25) is 0 Å². The van der Waals surface area contributed by atoms with Gasteiger partial charge in [-0.1, -0.05) is 5.16 Å². The minimum atomic E-state index is -0.278. The van der Waals surface area contributed by atoms with E-state index >= 15 is 0 Å². The molecule has 2 aromatic rings. The molecule has 1 fully saturated rings. The maximum absolute atomic E-state index is 12.7. The number of amides is 1. The third-order valence-electron chi connectivity index (χ3n) is 4.73. The van der Waals surface area contributed by atoms with Crippen LogP contribution in [0, 0.1) is 12.8 Å². The molecule has 1 unspecified atom stereocenters. The van der Waals surface area contributed by atoms with Crippen LogP contribution in [0.25, 0.3) is 0 Å². The molecule has 7 nitrogen and oxygen atoms in total. The lowest BCUT2D eigenvalue weighted by Gasteiger charge is -2.38. The maximum Gasteiger partial charge on any atom is 0.274 e. The van der Waals surface area contributed by atoms with E-state index in [1.54, 1.807) is 26.4 Å². The largest absolute Gasteiger partial charge is 0.393 e. The summed E-state index contributed by atoms with van der Waals surface area (Å²) in [5, 5.41) is 16.6. The van der Waals surface area contributed by atoms with Gasteiger partial charge in [-0.25, -0.2) is 0 Å². The molecule has 1 atom stereocenters. The van der Waals surface area contributed by atoms with Crippen molar-refractivity contribution in [3.05, 3.63) is 47.1 Å². The summed E-state index contributed by atoms with van der Waals surface area (Å²) in [6.07, 6.45) is 5.27. The Balaban J connectivity index is 1.74. The fourth-order valence-corrected chi connectivity index (χ4v) is 3.19. The minimum Gasteiger partial charge on any atom is -0.393 e. The smallest absolute Gasteiger partial charge is 0.274 e. The fourth-order valence-electron chi connectivity index (χ4n) is 3.19. The molecule has 1 amide bonds. The van der Waals surface area contributed by atoms with Crippen LogP contribution in [0.1, 0.15) is 40.2 Å². The van der Waals surface area contributed by atoms with E-state index in [2.05, 4.69) is 15.5 Å². The van der Waals surface area contributed by atoms with Crippen LogP contribution >= 0.6 is 0 Å². The van der Waals surface area contributed by atoms with Crippen molar-refractivity contribution in [3.63, 3.8) is 0 Å². The highest BCUT2D eigenvalue weighted by molar-refractivity contribution is 5.94. The van der Waals surface area contributed by atoms with Gasteiger partial charge in [-0.05, 0) is 49.8 Å². The molecule has 2 aromatic heterocycles. The van der Waals surface area contributed by atoms with E-state index in [-0.39, 0.29) is 36.3 Å². The average molecular weight is 345 g/mol. The Morgan fingerprint density at radius 1 is 1.44 bits per heavy atom. The number of rotatable bonds is 7. The second kappa shape index (κ2) is 7.76. The molecule has 2 N–H and O–H groups in total. The van der Waals surface area contributed by atoms with Crippen LogP contribution in [-0.2, 0) is 17.8 Å². The summed E-state index contributed by atoms with van der Waals surface area (Å²) in [5.41, 5.74) is 2.02. The van der Waals surface area contributed by atoms with Crippen molar-refractivity contribution in [2.24, 2.45) is 5.92 Å². The lowest BCUT2D eigenvalue weighted by atomic mass is 9.75. The van der Waals surface area contributed by atoms with Gasteiger partial charge >= 0.3 is 0 Å². The van der Waals surface area contributed by atoms with Gasteiger partial charge in [0, 0.05) is 25.5 Å². The van der Waals surface area contributed by atoms with Crippen molar-refractivity contribution < 1.29 is 19.2 Å². The second-order valence-corrected chi connectivity index (χ2v) is 6.52. The lowest BCUT2D eigenvalue weighted by Crippen LogP contribution is -2.48. The van der Waals surface area contributed by atoms with Crippen LogP contribution in [0.15, 0.2) is 29.0 Å². The van der Waals surface area contributed by atoms with Crippen LogP contribution in [0.3, 0.4) is 0 Å². The number of methoxy groups -OCH3 is 1. The zero-order chi connectivity index (χ0) is 17.8. The fraction of sp³-hybridized carbons (Fsp3) is 0.500. The first-order valence-electron chi connectivity index (χ1n) is 8.40. The number of ether oxygens (including phenoxy) is 1. The van der Waals surface area contributed by atoms with Crippen molar-refractivity contribution in [2.75, 3.05) is 7.11 Å². The Morgan fingerprint density at radius 3 is 2.80 bits per heavy atom. The van der Waals surface area contributed by atoms with Crippen LogP contribution in [-0.4, -0.2) is 40.4 Å². The Bertz CT molecular complexity index is 710. The first-order valence-corrected chi connectivity index (χ1v) is 8.40. The third-order valence-corrected chi connectivity index (χ3v) is 4.73. The highest BCUT2D eigenvalue weighted by Gasteiger charge is 2.35.